The van der Waals surface area contributed by atoms with Crippen LogP contribution in [0.15, 0.2) is 66.7 Å². The highest BCUT2D eigenvalue weighted by atomic mass is 35.5. The summed E-state index contributed by atoms with van der Waals surface area (Å²) in [5.74, 6) is -2.34. The average Bonchev–Trinajstić information content (AvgIpc) is 2.76. The highest BCUT2D eigenvalue weighted by molar-refractivity contribution is 6.30. The second kappa shape index (κ2) is 8.62. The van der Waals surface area contributed by atoms with Crippen LogP contribution < -0.4 is 4.90 Å². The summed E-state index contributed by atoms with van der Waals surface area (Å²) in [7, 11) is 0. The van der Waals surface area contributed by atoms with E-state index in [1.165, 1.54) is 6.07 Å². The molecule has 0 saturated carbocycles. The van der Waals surface area contributed by atoms with Crippen molar-refractivity contribution in [3.63, 3.8) is 0 Å². The van der Waals surface area contributed by atoms with Crippen LogP contribution in [0.1, 0.15) is 22.0 Å². The largest absolute Gasteiger partial charge is 0.361 e. The molecular formula is C23H18Cl2F2N2O. The predicted molar refractivity (Wildman–Crippen MR) is 115 cm³/mol. The van der Waals surface area contributed by atoms with E-state index in [-0.39, 0.29) is 17.5 Å². The van der Waals surface area contributed by atoms with E-state index in [0.717, 1.165) is 23.4 Å². The van der Waals surface area contributed by atoms with E-state index in [4.69, 9.17) is 23.2 Å². The van der Waals surface area contributed by atoms with Crippen LogP contribution in [0.25, 0.3) is 0 Å². The number of carbonyl (C=O) groups is 1. The number of hydrogen-bond acceptors (Lipinski definition) is 2. The van der Waals surface area contributed by atoms with Crippen molar-refractivity contribution in [3.05, 3.63) is 99.5 Å². The van der Waals surface area contributed by atoms with Gasteiger partial charge in [0.15, 0.2) is 11.6 Å². The molecule has 0 radical (unpaired) electrons. The molecule has 0 N–H and O–H groups in total. The lowest BCUT2D eigenvalue weighted by Gasteiger charge is -2.43. The fraction of sp³-hybridized carbons (Fsp3) is 0.174. The van der Waals surface area contributed by atoms with E-state index in [1.807, 2.05) is 48.5 Å². The summed E-state index contributed by atoms with van der Waals surface area (Å²) in [5.41, 5.74) is 2.11. The van der Waals surface area contributed by atoms with Crippen molar-refractivity contribution in [1.29, 1.82) is 0 Å². The average molecular weight is 447 g/mol. The lowest BCUT2D eigenvalue weighted by atomic mass is 10.0. The molecule has 1 atom stereocenters. The molecular weight excluding hydrogens is 429 g/mol. The SMILES string of the molecule is O=C(c1ccc(F)c(F)c1)N1CCN(c2ccc(Cl)cc2)C(c2ccc(Cl)cc2)C1. The first kappa shape index (κ1) is 20.6. The maximum absolute atomic E-state index is 13.6. The third-order valence-corrected chi connectivity index (χ3v) is 5.75. The summed E-state index contributed by atoms with van der Waals surface area (Å²) in [6.07, 6.45) is 0. The van der Waals surface area contributed by atoms with Gasteiger partial charge in [0.2, 0.25) is 0 Å². The Balaban J connectivity index is 1.64. The zero-order chi connectivity index (χ0) is 21.3. The van der Waals surface area contributed by atoms with Crippen LogP contribution >= 0.6 is 23.2 Å². The second-order valence-electron chi connectivity index (χ2n) is 7.12. The standard InChI is InChI=1S/C23H18Cl2F2N2O/c24-17-4-1-15(2-5-17)22-14-28(23(30)16-3-10-20(26)21(27)13-16)11-12-29(22)19-8-6-18(25)7-9-19/h1-10,13,22H,11-12,14H2. The van der Waals surface area contributed by atoms with Gasteiger partial charge < -0.3 is 9.80 Å². The monoisotopic (exact) mass is 446 g/mol. The van der Waals surface area contributed by atoms with E-state index in [1.54, 1.807) is 4.90 Å². The van der Waals surface area contributed by atoms with Crippen molar-refractivity contribution in [1.82, 2.24) is 4.90 Å². The summed E-state index contributed by atoms with van der Waals surface area (Å²) in [5, 5.41) is 1.27. The zero-order valence-corrected chi connectivity index (χ0v) is 17.4. The second-order valence-corrected chi connectivity index (χ2v) is 7.99. The van der Waals surface area contributed by atoms with Crippen molar-refractivity contribution in [3.8, 4) is 0 Å². The third-order valence-electron chi connectivity index (χ3n) is 5.25. The van der Waals surface area contributed by atoms with Crippen molar-refractivity contribution in [2.45, 2.75) is 6.04 Å². The van der Waals surface area contributed by atoms with Gasteiger partial charge in [-0.1, -0.05) is 35.3 Å². The molecule has 3 nitrogen and oxygen atoms in total. The van der Waals surface area contributed by atoms with E-state index in [0.29, 0.717) is 29.7 Å². The Kier molecular flexibility index (Phi) is 5.93. The van der Waals surface area contributed by atoms with Crippen LogP contribution in [0.4, 0.5) is 14.5 Å². The Morgan fingerprint density at radius 1 is 0.833 bits per heavy atom. The van der Waals surface area contributed by atoms with Gasteiger partial charge in [0.25, 0.3) is 5.91 Å². The maximum atomic E-state index is 13.6. The topological polar surface area (TPSA) is 23.6 Å². The van der Waals surface area contributed by atoms with E-state index < -0.39 is 11.6 Å². The molecule has 3 aromatic carbocycles. The van der Waals surface area contributed by atoms with Crippen molar-refractivity contribution in [2.24, 2.45) is 0 Å². The molecule has 0 aliphatic carbocycles. The summed E-state index contributed by atoms with van der Waals surface area (Å²) in [4.78, 5) is 16.8. The molecule has 154 valence electrons. The summed E-state index contributed by atoms with van der Waals surface area (Å²) in [6.45, 7) is 1.41. The molecule has 1 aliphatic rings. The van der Waals surface area contributed by atoms with Crippen molar-refractivity contribution < 1.29 is 13.6 Å². The van der Waals surface area contributed by atoms with Crippen LogP contribution in [0.2, 0.25) is 10.0 Å². The number of hydrogen-bond donors (Lipinski definition) is 0. The highest BCUT2D eigenvalue weighted by Crippen LogP contribution is 2.32. The molecule has 1 unspecified atom stereocenters. The molecule has 7 heteroatoms. The molecule has 3 aromatic rings. The Morgan fingerprint density at radius 3 is 2.10 bits per heavy atom. The van der Waals surface area contributed by atoms with Gasteiger partial charge in [0.05, 0.1) is 6.04 Å². The minimum Gasteiger partial charge on any atom is -0.361 e. The molecule has 0 spiro atoms. The number of benzene rings is 3. The molecule has 1 fully saturated rings. The zero-order valence-electron chi connectivity index (χ0n) is 15.9. The number of anilines is 1. The normalized spacial score (nSPS) is 16.6. The fourth-order valence-corrected chi connectivity index (χ4v) is 3.94. The van der Waals surface area contributed by atoms with Gasteiger partial charge in [-0.15, -0.1) is 0 Å². The van der Waals surface area contributed by atoms with Gasteiger partial charge in [-0.3, -0.25) is 4.79 Å². The van der Waals surface area contributed by atoms with Gasteiger partial charge in [0, 0.05) is 40.9 Å². The Bertz CT molecular complexity index is 1060. The number of carbonyl (C=O) groups excluding carboxylic acids is 1. The first-order valence-electron chi connectivity index (χ1n) is 9.44. The Labute approximate surface area is 183 Å². The summed E-state index contributed by atoms with van der Waals surface area (Å²) < 4.78 is 26.9. The molecule has 0 aromatic heterocycles. The van der Waals surface area contributed by atoms with Crippen LogP contribution in [-0.2, 0) is 0 Å². The lowest BCUT2D eigenvalue weighted by molar-refractivity contribution is 0.0721. The molecule has 1 amide bonds. The molecule has 4 rings (SSSR count). The molecule has 1 saturated heterocycles. The number of nitrogens with zero attached hydrogens (tertiary/aromatic N) is 2. The first-order valence-corrected chi connectivity index (χ1v) is 10.2. The van der Waals surface area contributed by atoms with Crippen molar-refractivity contribution >= 4 is 34.8 Å². The minimum absolute atomic E-state index is 0.128. The number of piperazine rings is 1. The van der Waals surface area contributed by atoms with E-state index >= 15 is 0 Å². The van der Waals surface area contributed by atoms with E-state index in [2.05, 4.69) is 4.90 Å². The smallest absolute Gasteiger partial charge is 0.254 e. The van der Waals surface area contributed by atoms with Crippen LogP contribution in [-0.4, -0.2) is 30.4 Å². The van der Waals surface area contributed by atoms with Gasteiger partial charge in [0.1, 0.15) is 0 Å². The number of rotatable bonds is 3. The Morgan fingerprint density at radius 2 is 1.47 bits per heavy atom. The molecule has 30 heavy (non-hydrogen) atoms. The van der Waals surface area contributed by atoms with Gasteiger partial charge in [-0.25, -0.2) is 8.78 Å². The van der Waals surface area contributed by atoms with Crippen molar-refractivity contribution in [2.75, 3.05) is 24.5 Å². The van der Waals surface area contributed by atoms with E-state index in [9.17, 15) is 13.6 Å². The predicted octanol–water partition coefficient (Wildman–Crippen LogP) is 5.98. The first-order chi connectivity index (χ1) is 14.4. The number of amides is 1. The highest BCUT2D eigenvalue weighted by Gasteiger charge is 2.31. The summed E-state index contributed by atoms with van der Waals surface area (Å²) in [6, 6.07) is 18.1. The van der Waals surface area contributed by atoms with Gasteiger partial charge >= 0.3 is 0 Å². The Hall–Kier alpha value is -2.63. The quantitative estimate of drug-likeness (QED) is 0.494. The van der Waals surface area contributed by atoms with Crippen LogP contribution in [0.5, 0.6) is 0 Å². The van der Waals surface area contributed by atoms with Gasteiger partial charge in [-0.05, 0) is 60.2 Å². The fourth-order valence-electron chi connectivity index (χ4n) is 3.69. The molecule has 0 bridgehead atoms. The van der Waals surface area contributed by atoms with Crippen LogP contribution in [0, 0.1) is 11.6 Å². The summed E-state index contributed by atoms with van der Waals surface area (Å²) >= 11 is 12.1. The maximum Gasteiger partial charge on any atom is 0.254 e. The van der Waals surface area contributed by atoms with Gasteiger partial charge in [-0.2, -0.15) is 0 Å². The molecule has 1 heterocycles. The van der Waals surface area contributed by atoms with Crippen LogP contribution in [0.3, 0.4) is 0 Å². The third kappa shape index (κ3) is 4.27. The number of halogens is 4. The lowest BCUT2D eigenvalue weighted by Crippen LogP contribution is -2.50. The minimum atomic E-state index is -1.03. The molecule has 1 aliphatic heterocycles.